The van der Waals surface area contributed by atoms with Gasteiger partial charge in [0.2, 0.25) is 5.95 Å². The minimum absolute atomic E-state index is 0.00379. The molecule has 0 radical (unpaired) electrons. The van der Waals surface area contributed by atoms with Gasteiger partial charge in [-0.25, -0.2) is 9.97 Å². The zero-order valence-corrected chi connectivity index (χ0v) is 20.3. The Labute approximate surface area is 208 Å². The lowest BCUT2D eigenvalue weighted by molar-refractivity contribution is -0.141. The lowest BCUT2D eigenvalue weighted by Crippen LogP contribution is -2.55. The van der Waals surface area contributed by atoms with Gasteiger partial charge in [0.05, 0.1) is 11.7 Å². The molecule has 7 nitrogen and oxygen atoms in total. The van der Waals surface area contributed by atoms with Crippen LogP contribution < -0.4 is 4.90 Å². The number of alkyl halides is 3. The van der Waals surface area contributed by atoms with Crippen LogP contribution in [0.1, 0.15) is 48.4 Å². The Morgan fingerprint density at radius 2 is 1.86 bits per heavy atom. The number of fused-ring (bicyclic) bond motifs is 1. The minimum atomic E-state index is -4.54. The van der Waals surface area contributed by atoms with Crippen molar-refractivity contribution in [2.75, 3.05) is 37.6 Å². The molecule has 0 amide bonds. The maximum atomic E-state index is 13.0. The highest BCUT2D eigenvalue weighted by Crippen LogP contribution is 2.35. The fourth-order valence-corrected chi connectivity index (χ4v) is 5.52. The van der Waals surface area contributed by atoms with E-state index in [1.165, 1.54) is 16.5 Å². The van der Waals surface area contributed by atoms with Crippen molar-refractivity contribution in [3.05, 3.63) is 53.5 Å². The van der Waals surface area contributed by atoms with E-state index in [-0.39, 0.29) is 31.9 Å². The molecule has 0 saturated carbocycles. The molecule has 5 rings (SSSR count). The normalized spacial score (nSPS) is 20.7. The quantitative estimate of drug-likeness (QED) is 0.490. The van der Waals surface area contributed by atoms with Gasteiger partial charge in [-0.3, -0.25) is 0 Å². The van der Waals surface area contributed by atoms with Crippen LogP contribution in [0.4, 0.5) is 19.1 Å². The smallest absolute Gasteiger partial charge is 0.389 e. The molecule has 194 valence electrons. The zero-order valence-electron chi connectivity index (χ0n) is 20.3. The predicted octanol–water partition coefficient (Wildman–Crippen LogP) is 3.86. The molecule has 0 bridgehead atoms. The van der Waals surface area contributed by atoms with Crippen LogP contribution in [-0.4, -0.2) is 74.5 Å². The van der Waals surface area contributed by atoms with Crippen molar-refractivity contribution < 1.29 is 23.4 Å². The molecule has 2 saturated heterocycles. The third-order valence-electron chi connectivity index (χ3n) is 7.79. The molecule has 0 aliphatic carbocycles. The second-order valence-corrected chi connectivity index (χ2v) is 10.2. The second kappa shape index (κ2) is 9.64. The number of β-amino-alcohol motifs (C(OH)–C–C–N with tert-alkyl or cyclic N) is 1. The monoisotopic (exact) mass is 503 g/mol. The number of piperidine rings is 2. The lowest BCUT2D eigenvalue weighted by atomic mass is 9.84. The number of nitrogens with one attached hydrogen (secondary N) is 1. The number of anilines is 1. The number of rotatable bonds is 5. The molecule has 2 aliphatic rings. The first kappa shape index (κ1) is 25.0. The van der Waals surface area contributed by atoms with Gasteiger partial charge in [-0.05, 0) is 75.4 Å². The zero-order chi connectivity index (χ0) is 25.5. The molecule has 10 heteroatoms. The Morgan fingerprint density at radius 1 is 1.14 bits per heavy atom. The van der Waals surface area contributed by atoms with Crippen LogP contribution in [0.3, 0.4) is 0 Å². The average Bonchev–Trinajstić information content (AvgIpc) is 3.27. The summed E-state index contributed by atoms with van der Waals surface area (Å²) in [5, 5.41) is 23.3. The van der Waals surface area contributed by atoms with Gasteiger partial charge in [-0.2, -0.15) is 13.2 Å². The van der Waals surface area contributed by atoms with E-state index in [1.807, 2.05) is 0 Å². The number of hydrogen-bond acceptors (Lipinski definition) is 6. The van der Waals surface area contributed by atoms with Crippen LogP contribution in [0, 0.1) is 6.92 Å². The van der Waals surface area contributed by atoms with Gasteiger partial charge in [0.15, 0.2) is 0 Å². The number of aliphatic hydroxyl groups is 2. The van der Waals surface area contributed by atoms with Crippen LogP contribution in [0.25, 0.3) is 10.9 Å². The maximum absolute atomic E-state index is 13.0. The Hall–Kier alpha value is -2.69. The molecule has 1 aromatic carbocycles. The minimum Gasteiger partial charge on any atom is -0.389 e. The van der Waals surface area contributed by atoms with Gasteiger partial charge in [0.25, 0.3) is 0 Å². The highest BCUT2D eigenvalue weighted by Gasteiger charge is 2.41. The molecule has 1 unspecified atom stereocenters. The third-order valence-corrected chi connectivity index (χ3v) is 7.79. The molecule has 2 aliphatic heterocycles. The van der Waals surface area contributed by atoms with Crippen LogP contribution in [-0.2, 0) is 6.18 Å². The first-order valence-electron chi connectivity index (χ1n) is 12.5. The summed E-state index contributed by atoms with van der Waals surface area (Å²) in [6.45, 7) is 4.69. The fraction of sp³-hybridized carbons (Fsp3) is 0.538. The molecule has 0 spiro atoms. The number of aryl methyl sites for hydroxylation is 1. The molecule has 3 aromatic rings. The van der Waals surface area contributed by atoms with E-state index in [9.17, 15) is 23.4 Å². The number of aromatic nitrogens is 3. The lowest BCUT2D eigenvalue weighted by Gasteiger charge is -2.43. The van der Waals surface area contributed by atoms with Crippen molar-refractivity contribution in [2.24, 2.45) is 0 Å². The first-order chi connectivity index (χ1) is 17.1. The van der Waals surface area contributed by atoms with Gasteiger partial charge in [-0.15, -0.1) is 0 Å². The summed E-state index contributed by atoms with van der Waals surface area (Å²) in [7, 11) is 0. The summed E-state index contributed by atoms with van der Waals surface area (Å²) in [5.74, 6) is 0.448. The van der Waals surface area contributed by atoms with Gasteiger partial charge < -0.3 is 25.0 Å². The van der Waals surface area contributed by atoms with E-state index in [4.69, 9.17) is 0 Å². The molecule has 1 atom stereocenters. The number of aliphatic hydroxyl groups excluding tert-OH is 1. The summed E-state index contributed by atoms with van der Waals surface area (Å²) in [4.78, 5) is 14.8. The van der Waals surface area contributed by atoms with E-state index >= 15 is 0 Å². The van der Waals surface area contributed by atoms with E-state index in [2.05, 4.69) is 51.2 Å². The summed E-state index contributed by atoms with van der Waals surface area (Å²) in [6, 6.07) is 7.29. The largest absolute Gasteiger partial charge is 0.433 e. The van der Waals surface area contributed by atoms with Crippen molar-refractivity contribution in [3.8, 4) is 0 Å². The number of nitrogens with zero attached hydrogens (tertiary/aromatic N) is 4. The number of H-pyrrole nitrogens is 1. The van der Waals surface area contributed by atoms with E-state index in [0.717, 1.165) is 43.7 Å². The molecule has 36 heavy (non-hydrogen) atoms. The molecular weight excluding hydrogens is 471 g/mol. The van der Waals surface area contributed by atoms with Gasteiger partial charge in [0.1, 0.15) is 5.69 Å². The van der Waals surface area contributed by atoms with Gasteiger partial charge in [-0.1, -0.05) is 11.6 Å². The van der Waals surface area contributed by atoms with E-state index in [0.29, 0.717) is 12.5 Å². The first-order valence-corrected chi connectivity index (χ1v) is 12.5. The summed E-state index contributed by atoms with van der Waals surface area (Å²) in [6.07, 6.45) is 0.169. The van der Waals surface area contributed by atoms with Crippen molar-refractivity contribution in [1.29, 1.82) is 0 Å². The third kappa shape index (κ3) is 5.07. The molecule has 3 N–H and O–H groups in total. The molecule has 2 fully saturated rings. The van der Waals surface area contributed by atoms with Crippen LogP contribution in [0.5, 0.6) is 0 Å². The Balaban J connectivity index is 1.15. The summed E-state index contributed by atoms with van der Waals surface area (Å²) < 4.78 is 39.0. The summed E-state index contributed by atoms with van der Waals surface area (Å²) in [5.41, 5.74) is 1.46. The average molecular weight is 504 g/mol. The Kier molecular flexibility index (Phi) is 6.69. The highest BCUT2D eigenvalue weighted by atomic mass is 19.4. The van der Waals surface area contributed by atoms with Gasteiger partial charge in [0, 0.05) is 42.9 Å². The van der Waals surface area contributed by atoms with Crippen LogP contribution in [0.2, 0.25) is 0 Å². The van der Waals surface area contributed by atoms with Crippen molar-refractivity contribution in [3.63, 3.8) is 0 Å². The number of hydrogen-bond donors (Lipinski definition) is 3. The van der Waals surface area contributed by atoms with Crippen molar-refractivity contribution in [1.82, 2.24) is 19.9 Å². The number of halogens is 3. The molecule has 4 heterocycles. The molecule has 2 aromatic heterocycles. The topological polar surface area (TPSA) is 88.5 Å². The Bertz CT molecular complexity index is 1200. The highest BCUT2D eigenvalue weighted by molar-refractivity contribution is 5.84. The van der Waals surface area contributed by atoms with Crippen molar-refractivity contribution >= 4 is 16.9 Å². The van der Waals surface area contributed by atoms with Gasteiger partial charge >= 0.3 is 6.18 Å². The van der Waals surface area contributed by atoms with Crippen molar-refractivity contribution in [2.45, 2.75) is 56.4 Å². The number of aromatic amines is 1. The van der Waals surface area contributed by atoms with E-state index < -0.39 is 23.6 Å². The number of likely N-dealkylation sites (tertiary alicyclic amines) is 1. The van der Waals surface area contributed by atoms with E-state index in [1.54, 1.807) is 4.90 Å². The summed E-state index contributed by atoms with van der Waals surface area (Å²) >= 11 is 0. The SMILES string of the molecule is Cc1ccc2[nH]cc(C3CCN(CC(O)C4(O)CCN(c5nccc(C(F)(F)F)n5)CC4)CC3)c2c1. The second-order valence-electron chi connectivity index (χ2n) is 10.2. The fourth-order valence-electron chi connectivity index (χ4n) is 5.52. The van der Waals surface area contributed by atoms with Crippen LogP contribution >= 0.6 is 0 Å². The predicted molar refractivity (Wildman–Crippen MR) is 131 cm³/mol. The number of benzene rings is 1. The Morgan fingerprint density at radius 3 is 2.56 bits per heavy atom. The standard InChI is InChI=1S/C26H32F3N5O2/c1-17-2-3-21-19(14-17)20(15-31-21)18-5-10-33(11-6-18)16-23(35)25(36)7-12-34(13-8-25)24-30-9-4-22(32-24)26(27,28)29/h2-4,9,14-15,18,23,31,35-36H,5-8,10-13,16H2,1H3. The van der Waals surface area contributed by atoms with Crippen LogP contribution in [0.15, 0.2) is 36.7 Å². The molecular formula is C26H32F3N5O2. The maximum Gasteiger partial charge on any atom is 0.433 e.